The lowest BCUT2D eigenvalue weighted by Crippen LogP contribution is -2.17. The topological polar surface area (TPSA) is 248 Å². The minimum Gasteiger partial charge on any atom is -0.382 e. The first kappa shape index (κ1) is 22.4. The summed E-state index contributed by atoms with van der Waals surface area (Å²) in [6.07, 6.45) is 0.623. The molecule has 6 N–H and O–H groups in total. The molecule has 0 radical (unpaired) electrons. The molecule has 0 amide bonds. The number of aromatic nitrogens is 4. The first-order valence-corrected chi connectivity index (χ1v) is 11.9. The van der Waals surface area contributed by atoms with Crippen molar-refractivity contribution in [3.63, 3.8) is 0 Å². The van der Waals surface area contributed by atoms with Crippen molar-refractivity contribution >= 4 is 40.4 Å². The molecule has 3 heterocycles. The first-order chi connectivity index (χ1) is 13.4. The van der Waals surface area contributed by atoms with Gasteiger partial charge in [0.25, 0.3) is 0 Å². The summed E-state index contributed by atoms with van der Waals surface area (Å²) in [6, 6.07) is 0. The Hall–Kier alpha value is -1.32. The molecule has 2 aromatic heterocycles. The smallest absolute Gasteiger partial charge is 0.382 e. The molecule has 3 rings (SSSR count). The van der Waals surface area contributed by atoms with Crippen molar-refractivity contribution in [3.05, 3.63) is 12.7 Å². The zero-order chi connectivity index (χ0) is 21.4. The summed E-state index contributed by atoms with van der Waals surface area (Å²) in [5.41, 5.74) is 6.36. The van der Waals surface area contributed by atoms with E-state index in [2.05, 4.69) is 28.1 Å². The highest BCUT2D eigenvalue weighted by molar-refractivity contribution is 7.66. The fourth-order valence-electron chi connectivity index (χ4n) is 2.22. The second-order valence-electron chi connectivity index (χ2n) is 5.32. The minimum atomic E-state index is -5.60. The molecule has 0 aliphatic carbocycles. The van der Waals surface area contributed by atoms with Crippen LogP contribution >= 0.6 is 23.5 Å². The van der Waals surface area contributed by atoms with Crippen LogP contribution in [0, 0.1) is 0 Å². The quantitative estimate of drug-likeness (QED) is 0.304. The third kappa shape index (κ3) is 5.86. The second-order valence-corrected chi connectivity index (χ2v) is 9.74. The van der Waals surface area contributed by atoms with Crippen LogP contribution in [-0.4, -0.2) is 58.6 Å². The van der Waals surface area contributed by atoms with Gasteiger partial charge in [-0.1, -0.05) is 0 Å². The van der Waals surface area contributed by atoms with Crippen molar-refractivity contribution in [1.29, 1.82) is 0 Å². The number of hydrogen-bond acceptors (Lipinski definition) is 12. The van der Waals surface area contributed by atoms with E-state index in [0.29, 0.717) is 11.2 Å². The number of ether oxygens (including phenoxy) is 2. The molecule has 3 unspecified atom stereocenters. The molecule has 1 saturated heterocycles. The fourth-order valence-corrected chi connectivity index (χ4v) is 5.22. The van der Waals surface area contributed by atoms with Gasteiger partial charge in [-0.15, -0.1) is 0 Å². The van der Waals surface area contributed by atoms with Gasteiger partial charge >= 0.3 is 23.5 Å². The number of imidazole rings is 1. The lowest BCUT2D eigenvalue weighted by atomic mass is 10.5. The van der Waals surface area contributed by atoms with Crippen LogP contribution in [0.15, 0.2) is 12.7 Å². The van der Waals surface area contributed by atoms with Gasteiger partial charge in [0, 0.05) is 0 Å². The van der Waals surface area contributed by atoms with E-state index in [1.807, 2.05) is 0 Å². The summed E-state index contributed by atoms with van der Waals surface area (Å²) >= 11 is 0. The predicted molar refractivity (Wildman–Crippen MR) is 89.4 cm³/mol. The van der Waals surface area contributed by atoms with E-state index < -0.39 is 42.6 Å². The Morgan fingerprint density at radius 3 is 2.55 bits per heavy atom. The number of nitrogens with zero attached hydrogens (tertiary/aromatic N) is 4. The predicted octanol–water partition coefficient (Wildman–Crippen LogP) is -0.377. The number of hydrogen-bond donors (Lipinski definition) is 5. The summed E-state index contributed by atoms with van der Waals surface area (Å²) in [5.74, 6) is 0.150. The fraction of sp³-hybridized carbons (Fsp3) is 0.444. The van der Waals surface area contributed by atoms with Crippen LogP contribution < -0.4 is 5.73 Å². The van der Waals surface area contributed by atoms with Crippen molar-refractivity contribution in [2.75, 3.05) is 18.9 Å². The molecule has 1 aliphatic heterocycles. The van der Waals surface area contributed by atoms with Crippen molar-refractivity contribution in [3.8, 4) is 0 Å². The van der Waals surface area contributed by atoms with E-state index in [9.17, 15) is 18.6 Å². The van der Waals surface area contributed by atoms with Gasteiger partial charge in [0.2, 0.25) is 0 Å². The Balaban J connectivity index is 1.58. The highest BCUT2D eigenvalue weighted by Gasteiger charge is 2.41. The van der Waals surface area contributed by atoms with Crippen LogP contribution in [0.3, 0.4) is 0 Å². The molecule has 1 aliphatic rings. The largest absolute Gasteiger partial charge is 0.490 e. The highest BCUT2D eigenvalue weighted by Crippen LogP contribution is 2.66. The molecule has 29 heavy (non-hydrogen) atoms. The zero-order valence-corrected chi connectivity index (χ0v) is 16.7. The van der Waals surface area contributed by atoms with Crippen LogP contribution in [0.4, 0.5) is 5.82 Å². The van der Waals surface area contributed by atoms with Crippen LogP contribution in [0.5, 0.6) is 0 Å². The van der Waals surface area contributed by atoms with E-state index in [1.165, 1.54) is 17.2 Å². The first-order valence-electron chi connectivity index (χ1n) is 7.34. The van der Waals surface area contributed by atoms with Crippen molar-refractivity contribution in [2.45, 2.75) is 12.5 Å². The van der Waals surface area contributed by atoms with Gasteiger partial charge in [-0.2, -0.15) is 8.62 Å². The molecular formula is C9H14N5O12P3. The molecule has 2 aromatic rings. The van der Waals surface area contributed by atoms with Crippen molar-refractivity contribution < 1.29 is 55.9 Å². The molecule has 20 heteroatoms. The zero-order valence-electron chi connectivity index (χ0n) is 14.0. The Morgan fingerprint density at radius 1 is 1.14 bits per heavy atom. The van der Waals surface area contributed by atoms with Crippen LogP contribution in [-0.2, 0) is 36.3 Å². The number of phosphoric acid groups is 3. The van der Waals surface area contributed by atoms with E-state index >= 15 is 0 Å². The molecular weight excluding hydrogens is 463 g/mol. The lowest BCUT2D eigenvalue weighted by Gasteiger charge is -2.17. The number of fused-ring (bicyclic) bond motifs is 1. The maximum atomic E-state index is 11.7. The molecule has 1 fully saturated rings. The van der Waals surface area contributed by atoms with Crippen LogP contribution in [0.25, 0.3) is 11.2 Å². The highest BCUT2D eigenvalue weighted by atomic mass is 31.3. The average molecular weight is 477 g/mol. The van der Waals surface area contributed by atoms with Gasteiger partial charge in [-0.25, -0.2) is 28.6 Å². The number of rotatable bonds is 8. The third-order valence-electron chi connectivity index (χ3n) is 3.22. The van der Waals surface area contributed by atoms with E-state index in [1.54, 1.807) is 0 Å². The standard InChI is InChI=1S/C9H14N5O12P3/c10-8-7-9(12-3-11-8)14(4-13-7)5-1-22-6(24-5)2-23-28(18,19)26-29(20,21)25-27(15,16)17/h3-6H,1-2H2,(H,18,19)(H,20,21)(H2,10,11,12)(H2,15,16,17)/t5?,6-/m1/s1. The van der Waals surface area contributed by atoms with Crippen LogP contribution in [0.2, 0.25) is 0 Å². The normalized spacial score (nSPS) is 24.4. The summed E-state index contributed by atoms with van der Waals surface area (Å²) in [6.45, 7) is -0.788. The minimum absolute atomic E-state index is 0.0419. The molecule has 0 aromatic carbocycles. The second kappa shape index (κ2) is 8.07. The summed E-state index contributed by atoms with van der Waals surface area (Å²) < 4.78 is 57.3. The SMILES string of the molecule is Nc1ncnc2c1ncn2C1CO[C@@H](COP(=O)(O)OP(=O)(O)OP(=O)(O)O)O1. The Bertz CT molecular complexity index is 1040. The molecule has 0 spiro atoms. The molecule has 0 bridgehead atoms. The monoisotopic (exact) mass is 477 g/mol. The van der Waals surface area contributed by atoms with Gasteiger partial charge in [-0.3, -0.25) is 9.09 Å². The Morgan fingerprint density at radius 2 is 1.86 bits per heavy atom. The molecule has 0 saturated carbocycles. The molecule has 162 valence electrons. The molecule has 4 atom stereocenters. The number of phosphoric ester groups is 1. The lowest BCUT2D eigenvalue weighted by molar-refractivity contribution is -0.0961. The Labute approximate surface area is 160 Å². The van der Waals surface area contributed by atoms with E-state index in [4.69, 9.17) is 29.9 Å². The van der Waals surface area contributed by atoms with Gasteiger partial charge < -0.3 is 34.8 Å². The van der Waals surface area contributed by atoms with Crippen LogP contribution in [0.1, 0.15) is 6.23 Å². The van der Waals surface area contributed by atoms with Crippen molar-refractivity contribution in [2.24, 2.45) is 0 Å². The van der Waals surface area contributed by atoms with E-state index in [0.717, 1.165) is 0 Å². The summed E-state index contributed by atoms with van der Waals surface area (Å²) in [4.78, 5) is 47.3. The maximum Gasteiger partial charge on any atom is 0.490 e. The Kier molecular flexibility index (Phi) is 6.23. The van der Waals surface area contributed by atoms with Crippen molar-refractivity contribution in [1.82, 2.24) is 19.5 Å². The van der Waals surface area contributed by atoms with Gasteiger partial charge in [0.1, 0.15) is 18.5 Å². The summed E-state index contributed by atoms with van der Waals surface area (Å²) in [7, 11) is -16.4. The average Bonchev–Trinajstić information content (AvgIpc) is 3.16. The van der Waals surface area contributed by atoms with Gasteiger partial charge in [0.15, 0.2) is 24.0 Å². The van der Waals surface area contributed by atoms with Gasteiger partial charge in [-0.05, 0) is 0 Å². The van der Waals surface area contributed by atoms with Gasteiger partial charge in [0.05, 0.1) is 12.9 Å². The maximum absolute atomic E-state index is 11.7. The molecule has 17 nitrogen and oxygen atoms in total. The summed E-state index contributed by atoms with van der Waals surface area (Å²) in [5, 5.41) is 0. The number of nitrogen functional groups attached to an aromatic ring is 1. The van der Waals surface area contributed by atoms with E-state index in [-0.39, 0.29) is 12.4 Å². The third-order valence-corrected chi connectivity index (χ3v) is 7.02. The number of nitrogens with two attached hydrogens (primary N) is 1. The number of anilines is 1.